The Bertz CT molecular complexity index is 1980. The minimum atomic E-state index is -4.96. The lowest BCUT2D eigenvalue weighted by atomic mass is 10.0. The number of unbranched alkanes of at least 4 members (excludes halogenated alkanes) is 57. The average molecular weight is 1520 g/mol. The van der Waals surface area contributed by atoms with Gasteiger partial charge in [-0.1, -0.05) is 407 Å². The summed E-state index contributed by atoms with van der Waals surface area (Å²) in [4.78, 5) is 73.2. The Labute approximate surface area is 638 Å². The van der Waals surface area contributed by atoms with Crippen molar-refractivity contribution in [2.45, 2.75) is 477 Å². The van der Waals surface area contributed by atoms with Crippen LogP contribution in [-0.2, 0) is 65.4 Å². The predicted octanol–water partition coefficient (Wildman–Crippen LogP) is 26.0. The van der Waals surface area contributed by atoms with E-state index in [1.54, 1.807) is 0 Å². The van der Waals surface area contributed by atoms with E-state index in [4.69, 9.17) is 37.0 Å². The van der Waals surface area contributed by atoms with Gasteiger partial charge in [0.25, 0.3) is 0 Å². The Hall–Kier alpha value is -1.94. The number of rotatable bonds is 85. The number of aliphatic hydroxyl groups is 1. The van der Waals surface area contributed by atoms with Gasteiger partial charge >= 0.3 is 39.5 Å². The quantitative estimate of drug-likeness (QED) is 0.0222. The van der Waals surface area contributed by atoms with Crippen LogP contribution in [0.15, 0.2) is 0 Å². The molecule has 0 aliphatic rings. The van der Waals surface area contributed by atoms with Gasteiger partial charge in [-0.15, -0.1) is 0 Å². The van der Waals surface area contributed by atoms with Crippen molar-refractivity contribution in [2.24, 2.45) is 5.92 Å². The van der Waals surface area contributed by atoms with E-state index in [0.717, 1.165) is 95.8 Å². The number of phosphoric ester groups is 2. The molecule has 0 aliphatic heterocycles. The van der Waals surface area contributed by atoms with E-state index in [0.29, 0.717) is 25.7 Å². The largest absolute Gasteiger partial charge is 0.472 e. The van der Waals surface area contributed by atoms with Crippen LogP contribution in [0.25, 0.3) is 0 Å². The van der Waals surface area contributed by atoms with Crippen LogP contribution in [0.3, 0.4) is 0 Å². The summed E-state index contributed by atoms with van der Waals surface area (Å²) >= 11 is 0. The van der Waals surface area contributed by atoms with Crippen LogP contribution in [-0.4, -0.2) is 96.7 Å². The number of hydrogen-bond acceptors (Lipinski definition) is 15. The number of aliphatic hydroxyl groups excluding tert-OH is 1. The van der Waals surface area contributed by atoms with Gasteiger partial charge < -0.3 is 33.8 Å². The molecule has 0 aromatic carbocycles. The van der Waals surface area contributed by atoms with Crippen LogP contribution in [0.1, 0.15) is 458 Å². The van der Waals surface area contributed by atoms with Crippen molar-refractivity contribution < 1.29 is 80.2 Å². The Morgan fingerprint density at radius 3 is 0.654 bits per heavy atom. The molecular weight excluding hydrogens is 1350 g/mol. The molecule has 0 saturated carbocycles. The summed E-state index contributed by atoms with van der Waals surface area (Å²) in [6, 6.07) is 0. The molecule has 0 fully saturated rings. The Morgan fingerprint density at radius 1 is 0.260 bits per heavy atom. The summed E-state index contributed by atoms with van der Waals surface area (Å²) in [5.74, 6) is -1.32. The van der Waals surface area contributed by atoms with Gasteiger partial charge in [0.2, 0.25) is 0 Å². The molecule has 17 nitrogen and oxygen atoms in total. The molecule has 2 unspecified atom stereocenters. The summed E-state index contributed by atoms with van der Waals surface area (Å²) in [5, 5.41) is 10.7. The van der Waals surface area contributed by atoms with Gasteiger partial charge in [-0.3, -0.25) is 37.3 Å². The molecule has 0 aromatic rings. The van der Waals surface area contributed by atoms with Gasteiger partial charge in [-0.25, -0.2) is 9.13 Å². The van der Waals surface area contributed by atoms with Crippen LogP contribution in [0, 0.1) is 5.92 Å². The van der Waals surface area contributed by atoms with E-state index in [1.165, 1.54) is 283 Å². The first-order valence-electron chi connectivity index (χ1n) is 44.1. The zero-order chi connectivity index (χ0) is 76.2. The second kappa shape index (κ2) is 77.8. The number of phosphoric acid groups is 2. The first-order valence-corrected chi connectivity index (χ1v) is 47.1. The molecule has 3 N–H and O–H groups in total. The van der Waals surface area contributed by atoms with Crippen molar-refractivity contribution in [1.82, 2.24) is 0 Å². The zero-order valence-corrected chi connectivity index (χ0v) is 70.0. The summed E-state index contributed by atoms with van der Waals surface area (Å²) in [5.41, 5.74) is 0. The molecule has 0 radical (unpaired) electrons. The molecule has 104 heavy (non-hydrogen) atoms. The molecule has 0 amide bonds. The maximum atomic E-state index is 13.1. The highest BCUT2D eigenvalue weighted by molar-refractivity contribution is 7.47. The van der Waals surface area contributed by atoms with Gasteiger partial charge in [0, 0.05) is 25.7 Å². The van der Waals surface area contributed by atoms with Gasteiger partial charge in [0.1, 0.15) is 19.3 Å². The Balaban J connectivity index is 5.23. The van der Waals surface area contributed by atoms with Crippen molar-refractivity contribution in [3.05, 3.63) is 0 Å². The van der Waals surface area contributed by atoms with Crippen molar-refractivity contribution in [1.29, 1.82) is 0 Å². The number of ether oxygens (including phenoxy) is 4. The van der Waals surface area contributed by atoms with Crippen LogP contribution in [0.2, 0.25) is 0 Å². The molecule has 0 saturated heterocycles. The van der Waals surface area contributed by atoms with Crippen molar-refractivity contribution in [3.8, 4) is 0 Å². The number of hydrogen-bond donors (Lipinski definition) is 3. The SMILES string of the molecule is CCCCCCCCCCCCCCCCCCCCCCCC(=O)O[C@H](COC(=O)CCCCCCCCCCCCCCCCCCC)COP(=O)(O)OC[C@@H](O)COP(=O)(O)OC[C@@H](COC(=O)CCCCCCCCCCCCC)OC(=O)CCCCCCCCCCCCCCC(C)C. The highest BCUT2D eigenvalue weighted by Gasteiger charge is 2.30. The minimum absolute atomic E-state index is 0.108. The van der Waals surface area contributed by atoms with Crippen LogP contribution < -0.4 is 0 Å². The van der Waals surface area contributed by atoms with E-state index in [1.807, 2.05) is 0 Å². The molecule has 618 valence electrons. The smallest absolute Gasteiger partial charge is 0.462 e. The predicted molar refractivity (Wildman–Crippen MR) is 428 cm³/mol. The second-order valence-corrected chi connectivity index (χ2v) is 34.0. The normalized spacial score (nSPS) is 13.8. The molecular formula is C85H166O17P2. The van der Waals surface area contributed by atoms with E-state index in [9.17, 15) is 43.2 Å². The molecule has 0 rings (SSSR count). The molecule has 0 bridgehead atoms. The Morgan fingerprint density at radius 2 is 0.442 bits per heavy atom. The lowest BCUT2D eigenvalue weighted by Gasteiger charge is -2.21. The minimum Gasteiger partial charge on any atom is -0.462 e. The topological polar surface area (TPSA) is 237 Å². The molecule has 0 aromatic heterocycles. The zero-order valence-electron chi connectivity index (χ0n) is 68.2. The fraction of sp³-hybridized carbons (Fsp3) is 0.953. The van der Waals surface area contributed by atoms with Crippen LogP contribution >= 0.6 is 15.6 Å². The van der Waals surface area contributed by atoms with Crippen LogP contribution in [0.4, 0.5) is 0 Å². The summed E-state index contributed by atoms with van der Waals surface area (Å²) in [6.07, 6.45) is 70.8. The van der Waals surface area contributed by atoms with Crippen molar-refractivity contribution >= 4 is 39.5 Å². The van der Waals surface area contributed by atoms with E-state index in [2.05, 4.69) is 34.6 Å². The third-order valence-electron chi connectivity index (χ3n) is 20.0. The van der Waals surface area contributed by atoms with Gasteiger partial charge in [0.05, 0.1) is 26.4 Å². The lowest BCUT2D eigenvalue weighted by Crippen LogP contribution is -2.30. The maximum absolute atomic E-state index is 13.1. The molecule has 0 spiro atoms. The highest BCUT2D eigenvalue weighted by Crippen LogP contribution is 2.45. The Kier molecular flexibility index (Phi) is 76.3. The average Bonchev–Trinajstić information content (AvgIpc) is 0.925. The van der Waals surface area contributed by atoms with Gasteiger partial charge in [-0.05, 0) is 31.6 Å². The fourth-order valence-corrected chi connectivity index (χ4v) is 14.9. The number of esters is 4. The summed E-state index contributed by atoms with van der Waals surface area (Å²) in [6.45, 7) is 7.36. The molecule has 19 heteroatoms. The monoisotopic (exact) mass is 1520 g/mol. The van der Waals surface area contributed by atoms with Gasteiger partial charge in [0.15, 0.2) is 12.2 Å². The standard InChI is InChI=1S/C85H166O17P2/c1-6-9-12-15-18-21-24-26-28-30-31-32-33-35-37-39-45-50-55-60-65-70-84(89)101-81(75-96-83(88)69-64-59-54-49-44-38-36-34-29-27-25-22-19-16-13-10-7-2)77-100-104(93,94)98-73-79(86)72-97-103(91,92)99-76-80(74-95-82(87)68-63-58-53-48-42-23-20-17-14-11-8-3)102-85(90)71-66-61-56-51-46-41-40-43-47-52-57-62-67-78(4)5/h78-81,86H,6-77H2,1-5H3,(H,91,92)(H,93,94)/t79-,80+,81+/m0/s1. The van der Waals surface area contributed by atoms with Crippen LogP contribution in [0.5, 0.6) is 0 Å². The first-order chi connectivity index (χ1) is 50.5. The lowest BCUT2D eigenvalue weighted by molar-refractivity contribution is -0.161. The van der Waals surface area contributed by atoms with E-state index in [-0.39, 0.29) is 25.7 Å². The molecule has 5 atom stereocenters. The fourth-order valence-electron chi connectivity index (χ4n) is 13.3. The van der Waals surface area contributed by atoms with E-state index >= 15 is 0 Å². The van der Waals surface area contributed by atoms with E-state index < -0.39 is 97.5 Å². The third kappa shape index (κ3) is 78.2. The molecule has 0 heterocycles. The third-order valence-corrected chi connectivity index (χ3v) is 21.9. The highest BCUT2D eigenvalue weighted by atomic mass is 31.2. The maximum Gasteiger partial charge on any atom is 0.472 e. The number of carbonyl (C=O) groups is 4. The van der Waals surface area contributed by atoms with Crippen molar-refractivity contribution in [3.63, 3.8) is 0 Å². The summed E-state index contributed by atoms with van der Waals surface area (Å²) in [7, 11) is -9.92. The second-order valence-electron chi connectivity index (χ2n) is 31.1. The molecule has 0 aliphatic carbocycles. The summed E-state index contributed by atoms with van der Waals surface area (Å²) < 4.78 is 68.9. The van der Waals surface area contributed by atoms with Crippen molar-refractivity contribution in [2.75, 3.05) is 39.6 Å². The van der Waals surface area contributed by atoms with Gasteiger partial charge in [-0.2, -0.15) is 0 Å². The first kappa shape index (κ1) is 102. The number of carbonyl (C=O) groups excluding carboxylic acids is 4.